The van der Waals surface area contributed by atoms with Crippen molar-refractivity contribution in [3.8, 4) is 0 Å². The molecule has 0 saturated carbocycles. The first kappa shape index (κ1) is 14.4. The number of nitrogens with one attached hydrogen (secondary N) is 1. The van der Waals surface area contributed by atoms with Gasteiger partial charge in [0.15, 0.2) is 0 Å². The van der Waals surface area contributed by atoms with E-state index in [-0.39, 0.29) is 18.3 Å². The molecular formula is C6H10Cl3GeNO3. The van der Waals surface area contributed by atoms with E-state index in [1.165, 1.54) is 0 Å². The minimum atomic E-state index is -3.24. The van der Waals surface area contributed by atoms with E-state index >= 15 is 0 Å². The summed E-state index contributed by atoms with van der Waals surface area (Å²) in [6, 6.07) is 0. The van der Waals surface area contributed by atoms with Gasteiger partial charge in [0.2, 0.25) is 0 Å². The van der Waals surface area contributed by atoms with E-state index in [2.05, 4.69) is 4.74 Å². The van der Waals surface area contributed by atoms with Gasteiger partial charge < -0.3 is 0 Å². The van der Waals surface area contributed by atoms with Gasteiger partial charge in [-0.3, -0.25) is 0 Å². The summed E-state index contributed by atoms with van der Waals surface area (Å²) in [4.78, 5) is 21.8. The van der Waals surface area contributed by atoms with Gasteiger partial charge >= 0.3 is 97.4 Å². The predicted molar refractivity (Wildman–Crippen MR) is 57.9 cm³/mol. The predicted octanol–water partition coefficient (Wildman–Crippen LogP) is 2.30. The van der Waals surface area contributed by atoms with Crippen LogP contribution in [0.4, 0.5) is 4.79 Å². The number of carbonyl (C=O) groups excluding carboxylic acids is 2. The molecule has 0 fully saturated rings. The van der Waals surface area contributed by atoms with E-state index < -0.39 is 22.5 Å². The Bertz CT molecular complexity index is 219. The Morgan fingerprint density at radius 2 is 1.93 bits per heavy atom. The van der Waals surface area contributed by atoms with Crippen molar-refractivity contribution in [3.05, 3.63) is 0 Å². The van der Waals surface area contributed by atoms with E-state index in [1.54, 1.807) is 6.92 Å². The number of ether oxygens (including phenoxy) is 1. The Labute approximate surface area is 97.1 Å². The van der Waals surface area contributed by atoms with Gasteiger partial charge in [-0.1, -0.05) is 0 Å². The van der Waals surface area contributed by atoms with Crippen molar-refractivity contribution in [1.82, 2.24) is 5.32 Å². The average molecular weight is 323 g/mol. The number of carbonyl (C=O) groups is 2. The van der Waals surface area contributed by atoms with Crippen molar-refractivity contribution in [2.24, 2.45) is 0 Å². The maximum atomic E-state index is 11.0. The summed E-state index contributed by atoms with van der Waals surface area (Å²) in [6.45, 7) is 1.85. The van der Waals surface area contributed by atoms with E-state index in [0.29, 0.717) is 0 Å². The third kappa shape index (κ3) is 8.93. The second-order valence-corrected chi connectivity index (χ2v) is 19.1. The Morgan fingerprint density at radius 3 is 2.36 bits per heavy atom. The SMILES string of the molecule is CCOC(=O)NC(=O)C[CH2][Ge]([Cl])([Cl])[Cl]. The van der Waals surface area contributed by atoms with Crippen LogP contribution < -0.4 is 5.32 Å². The van der Waals surface area contributed by atoms with Crippen LogP contribution >= 0.6 is 30.0 Å². The van der Waals surface area contributed by atoms with E-state index in [4.69, 9.17) is 30.0 Å². The molecule has 14 heavy (non-hydrogen) atoms. The molecule has 4 nitrogen and oxygen atoms in total. The number of amides is 2. The van der Waals surface area contributed by atoms with Crippen LogP contribution in [0.3, 0.4) is 0 Å². The summed E-state index contributed by atoms with van der Waals surface area (Å²) in [7, 11) is 13.5. The molecular weight excluding hydrogens is 313 g/mol. The number of imide groups is 1. The van der Waals surface area contributed by atoms with Gasteiger partial charge in [-0.15, -0.1) is 0 Å². The molecule has 0 aromatic carbocycles. The zero-order chi connectivity index (χ0) is 11.2. The fourth-order valence-corrected chi connectivity index (χ4v) is 3.14. The summed E-state index contributed by atoms with van der Waals surface area (Å²) >= 11 is 0. The molecule has 8 heteroatoms. The monoisotopic (exact) mass is 323 g/mol. The third-order valence-corrected chi connectivity index (χ3v) is 5.81. The first-order valence-electron chi connectivity index (χ1n) is 3.88. The standard InChI is InChI=1S/C6H10Cl3GeNO3/c1-2-14-6(13)11-5(12)3-4-10(7,8)9/h2-4H2,1H3,(H,11,12,13). The van der Waals surface area contributed by atoms with Crippen LogP contribution in [-0.2, 0) is 9.53 Å². The normalized spacial score (nSPS) is 10.9. The average Bonchev–Trinajstić information content (AvgIpc) is 2.00. The summed E-state index contributed by atoms with van der Waals surface area (Å²) < 4.78 is 4.49. The number of alkyl carbamates (subject to hydrolysis) is 1. The van der Waals surface area contributed by atoms with Crippen molar-refractivity contribution < 1.29 is 14.3 Å². The van der Waals surface area contributed by atoms with Gasteiger partial charge in [0, 0.05) is 0 Å². The van der Waals surface area contributed by atoms with Crippen LogP contribution in [0.25, 0.3) is 0 Å². The molecule has 0 aliphatic carbocycles. The molecule has 0 saturated heterocycles. The van der Waals surface area contributed by atoms with Gasteiger partial charge in [0.25, 0.3) is 0 Å². The van der Waals surface area contributed by atoms with E-state index in [1.807, 2.05) is 5.32 Å². The van der Waals surface area contributed by atoms with Crippen LogP contribution in [0.2, 0.25) is 5.25 Å². The fourth-order valence-electron chi connectivity index (χ4n) is 0.599. The molecule has 0 rings (SSSR count). The third-order valence-electron chi connectivity index (χ3n) is 1.15. The Kier molecular flexibility index (Phi) is 6.94. The molecule has 0 radical (unpaired) electrons. The number of hydrogen-bond acceptors (Lipinski definition) is 3. The van der Waals surface area contributed by atoms with Gasteiger partial charge in [-0.05, 0) is 0 Å². The van der Waals surface area contributed by atoms with Crippen molar-refractivity contribution in [2.45, 2.75) is 18.6 Å². The number of halogens is 3. The summed E-state index contributed by atoms with van der Waals surface area (Å²) in [5.41, 5.74) is 0. The van der Waals surface area contributed by atoms with Crippen molar-refractivity contribution in [2.75, 3.05) is 6.61 Å². The first-order valence-corrected chi connectivity index (χ1v) is 13.6. The maximum absolute atomic E-state index is 11.0. The number of hydrogen-bond donors (Lipinski definition) is 1. The molecule has 1 N–H and O–H groups in total. The van der Waals surface area contributed by atoms with Crippen LogP contribution in [0, 0.1) is 0 Å². The molecule has 0 atom stereocenters. The zero-order valence-corrected chi connectivity index (χ0v) is 11.8. The quantitative estimate of drug-likeness (QED) is 0.808. The van der Waals surface area contributed by atoms with Gasteiger partial charge in [0.05, 0.1) is 0 Å². The second kappa shape index (κ2) is 6.77. The Hall–Kier alpha value is 0.353. The topological polar surface area (TPSA) is 55.4 Å². The molecule has 0 unspecified atom stereocenters. The number of rotatable bonds is 4. The summed E-state index contributed by atoms with van der Waals surface area (Å²) in [6.07, 6.45) is -0.732. The molecule has 0 aromatic heterocycles. The van der Waals surface area contributed by atoms with Crippen molar-refractivity contribution >= 4 is 52.5 Å². The van der Waals surface area contributed by atoms with E-state index in [9.17, 15) is 9.59 Å². The first-order chi connectivity index (χ1) is 6.35. The van der Waals surface area contributed by atoms with Crippen molar-refractivity contribution in [3.63, 3.8) is 0 Å². The molecule has 0 aliphatic heterocycles. The molecule has 0 aromatic rings. The molecule has 0 spiro atoms. The Balaban J connectivity index is 3.71. The Morgan fingerprint density at radius 1 is 1.36 bits per heavy atom. The van der Waals surface area contributed by atoms with Gasteiger partial charge in [-0.2, -0.15) is 0 Å². The molecule has 0 bridgehead atoms. The second-order valence-electron chi connectivity index (χ2n) is 2.38. The molecule has 0 aliphatic rings. The van der Waals surface area contributed by atoms with Gasteiger partial charge in [-0.25, -0.2) is 0 Å². The van der Waals surface area contributed by atoms with Crippen LogP contribution in [0.15, 0.2) is 0 Å². The molecule has 82 valence electrons. The minimum absolute atomic E-state index is 0.0370. The van der Waals surface area contributed by atoms with Gasteiger partial charge in [0.1, 0.15) is 0 Å². The zero-order valence-electron chi connectivity index (χ0n) is 7.48. The van der Waals surface area contributed by atoms with Crippen LogP contribution in [0.1, 0.15) is 13.3 Å². The summed E-state index contributed by atoms with van der Waals surface area (Å²) in [5, 5.41) is 2.24. The van der Waals surface area contributed by atoms with E-state index in [0.717, 1.165) is 0 Å². The molecule has 0 heterocycles. The van der Waals surface area contributed by atoms with Crippen molar-refractivity contribution in [1.29, 1.82) is 0 Å². The van der Waals surface area contributed by atoms with Crippen LogP contribution in [-0.4, -0.2) is 29.1 Å². The van der Waals surface area contributed by atoms with Crippen LogP contribution in [0.5, 0.6) is 0 Å². The fraction of sp³-hybridized carbons (Fsp3) is 0.667. The summed E-state index contributed by atoms with van der Waals surface area (Å²) in [5.74, 6) is -0.486. The molecule has 2 amide bonds.